The van der Waals surface area contributed by atoms with Gasteiger partial charge in [0.25, 0.3) is 0 Å². The lowest BCUT2D eigenvalue weighted by atomic mass is 10.1. The molecule has 0 radical (unpaired) electrons. The number of rotatable bonds is 7. The van der Waals surface area contributed by atoms with Crippen LogP contribution in [0, 0.1) is 3.57 Å². The van der Waals surface area contributed by atoms with Crippen molar-refractivity contribution in [1.82, 2.24) is 5.32 Å². The Hall–Kier alpha value is -1.27. The van der Waals surface area contributed by atoms with Crippen molar-refractivity contribution in [2.45, 2.75) is 12.5 Å². The normalized spacial score (nSPS) is 12.0. The third-order valence-electron chi connectivity index (χ3n) is 3.31. The van der Waals surface area contributed by atoms with E-state index in [1.807, 2.05) is 26.2 Å². The van der Waals surface area contributed by atoms with Crippen LogP contribution in [-0.2, 0) is 0 Å². The predicted molar refractivity (Wildman–Crippen MR) is 97.1 cm³/mol. The van der Waals surface area contributed by atoms with Crippen molar-refractivity contribution < 1.29 is 4.74 Å². The molecule has 2 rings (SSSR count). The van der Waals surface area contributed by atoms with Crippen molar-refractivity contribution in [1.29, 1.82) is 0 Å². The average Bonchev–Trinajstić information content (AvgIpc) is 2.53. The molecule has 0 bridgehead atoms. The highest BCUT2D eigenvalue weighted by atomic mass is 127. The van der Waals surface area contributed by atoms with E-state index in [9.17, 15) is 0 Å². The molecule has 2 aromatic carbocycles. The Balaban J connectivity index is 2.22. The summed E-state index contributed by atoms with van der Waals surface area (Å²) >= 11 is 2.31. The van der Waals surface area contributed by atoms with Crippen LogP contribution in [0.3, 0.4) is 0 Å². The van der Waals surface area contributed by atoms with E-state index in [4.69, 9.17) is 4.74 Å². The Kier molecular flexibility index (Phi) is 6.32. The molecule has 0 saturated heterocycles. The van der Waals surface area contributed by atoms with Crippen LogP contribution in [0.1, 0.15) is 18.1 Å². The third-order valence-corrected chi connectivity index (χ3v) is 3.98. The minimum Gasteiger partial charge on any atom is -0.484 e. The second-order valence-electron chi connectivity index (χ2n) is 4.80. The Morgan fingerprint density at radius 2 is 1.86 bits per heavy atom. The fraction of sp³-hybridized carbons (Fsp3) is 0.294. The molecule has 1 unspecified atom stereocenters. The van der Waals surface area contributed by atoms with Crippen LogP contribution in [-0.4, -0.2) is 20.6 Å². The number of hydrogen-bond donors (Lipinski definition) is 2. The standard InChI is InChI=1S/C17H21IN2O/c1-19-11-10-16(13-6-4-3-5-7-13)21-17-9-8-14(18)12-15(17)20-2/h3-9,12,16,19-20H,10-11H2,1-2H3. The maximum atomic E-state index is 6.27. The lowest BCUT2D eigenvalue weighted by molar-refractivity contribution is 0.196. The van der Waals surface area contributed by atoms with Crippen LogP contribution >= 0.6 is 22.6 Å². The first-order valence-corrected chi connectivity index (χ1v) is 8.16. The molecule has 2 aromatic rings. The molecule has 4 heteroatoms. The minimum absolute atomic E-state index is 0.0470. The lowest BCUT2D eigenvalue weighted by Crippen LogP contribution is -2.16. The van der Waals surface area contributed by atoms with Gasteiger partial charge in [0.2, 0.25) is 0 Å². The Bertz CT molecular complexity index is 560. The van der Waals surface area contributed by atoms with E-state index < -0.39 is 0 Å². The molecule has 1 atom stereocenters. The largest absolute Gasteiger partial charge is 0.484 e. The first-order chi connectivity index (χ1) is 10.2. The van der Waals surface area contributed by atoms with E-state index >= 15 is 0 Å². The molecule has 0 saturated carbocycles. The maximum Gasteiger partial charge on any atom is 0.143 e. The molecule has 3 nitrogen and oxygen atoms in total. The number of anilines is 1. The SMILES string of the molecule is CNCCC(Oc1ccc(I)cc1NC)c1ccccc1. The molecule has 0 aliphatic rings. The highest BCUT2D eigenvalue weighted by Gasteiger charge is 2.14. The van der Waals surface area contributed by atoms with Crippen molar-refractivity contribution in [3.05, 3.63) is 57.7 Å². The minimum atomic E-state index is 0.0470. The Morgan fingerprint density at radius 3 is 2.52 bits per heavy atom. The van der Waals surface area contributed by atoms with E-state index in [1.54, 1.807) is 0 Å². The molecular formula is C17H21IN2O. The molecular weight excluding hydrogens is 375 g/mol. The Morgan fingerprint density at radius 1 is 1.10 bits per heavy atom. The van der Waals surface area contributed by atoms with Crippen LogP contribution in [0.4, 0.5) is 5.69 Å². The molecule has 21 heavy (non-hydrogen) atoms. The van der Waals surface area contributed by atoms with Gasteiger partial charge in [0, 0.05) is 17.0 Å². The van der Waals surface area contributed by atoms with Gasteiger partial charge in [-0.25, -0.2) is 0 Å². The summed E-state index contributed by atoms with van der Waals surface area (Å²) in [4.78, 5) is 0. The fourth-order valence-electron chi connectivity index (χ4n) is 2.19. The molecule has 0 heterocycles. The van der Waals surface area contributed by atoms with Crippen molar-refractivity contribution in [3.63, 3.8) is 0 Å². The van der Waals surface area contributed by atoms with Gasteiger partial charge in [0.15, 0.2) is 0 Å². The summed E-state index contributed by atoms with van der Waals surface area (Å²) in [5.74, 6) is 0.892. The number of nitrogens with one attached hydrogen (secondary N) is 2. The van der Waals surface area contributed by atoms with Crippen LogP contribution in [0.2, 0.25) is 0 Å². The van der Waals surface area contributed by atoms with Gasteiger partial charge < -0.3 is 15.4 Å². The molecule has 0 fully saturated rings. The van der Waals surface area contributed by atoms with E-state index in [0.717, 1.165) is 24.4 Å². The molecule has 2 N–H and O–H groups in total. The maximum absolute atomic E-state index is 6.27. The van der Waals surface area contributed by atoms with Crippen molar-refractivity contribution in [2.75, 3.05) is 26.0 Å². The van der Waals surface area contributed by atoms with Gasteiger partial charge >= 0.3 is 0 Å². The average molecular weight is 396 g/mol. The summed E-state index contributed by atoms with van der Waals surface area (Å²) in [5.41, 5.74) is 2.22. The summed E-state index contributed by atoms with van der Waals surface area (Å²) in [7, 11) is 3.88. The van der Waals surface area contributed by atoms with Crippen LogP contribution in [0.15, 0.2) is 48.5 Å². The van der Waals surface area contributed by atoms with Crippen LogP contribution < -0.4 is 15.4 Å². The first kappa shape index (κ1) is 16.1. The smallest absolute Gasteiger partial charge is 0.143 e. The molecule has 0 spiro atoms. The number of benzene rings is 2. The van der Waals surface area contributed by atoms with Crippen molar-refractivity contribution in [3.8, 4) is 5.75 Å². The summed E-state index contributed by atoms with van der Waals surface area (Å²) in [6.07, 6.45) is 0.973. The van der Waals surface area contributed by atoms with Gasteiger partial charge in [0.1, 0.15) is 11.9 Å². The number of ether oxygens (including phenoxy) is 1. The highest BCUT2D eigenvalue weighted by Crippen LogP contribution is 2.31. The molecule has 112 valence electrons. The van der Waals surface area contributed by atoms with Gasteiger partial charge in [-0.05, 0) is 59.9 Å². The summed E-state index contributed by atoms with van der Waals surface area (Å²) in [6.45, 7) is 0.915. The summed E-state index contributed by atoms with van der Waals surface area (Å²) < 4.78 is 7.46. The van der Waals surface area contributed by atoms with E-state index in [1.165, 1.54) is 9.13 Å². The molecule has 0 aromatic heterocycles. The van der Waals surface area contributed by atoms with Gasteiger partial charge in [-0.2, -0.15) is 0 Å². The zero-order valence-corrected chi connectivity index (χ0v) is 14.6. The van der Waals surface area contributed by atoms with E-state index in [0.29, 0.717) is 0 Å². The quantitative estimate of drug-likeness (QED) is 0.693. The van der Waals surface area contributed by atoms with Gasteiger partial charge in [-0.3, -0.25) is 0 Å². The molecule has 0 aliphatic carbocycles. The van der Waals surface area contributed by atoms with Gasteiger partial charge in [-0.15, -0.1) is 0 Å². The second kappa shape index (κ2) is 8.24. The highest BCUT2D eigenvalue weighted by molar-refractivity contribution is 14.1. The molecule has 0 aliphatic heterocycles. The first-order valence-electron chi connectivity index (χ1n) is 7.08. The van der Waals surface area contributed by atoms with Crippen molar-refractivity contribution in [2.24, 2.45) is 0 Å². The fourth-order valence-corrected chi connectivity index (χ4v) is 2.68. The van der Waals surface area contributed by atoms with Gasteiger partial charge in [0.05, 0.1) is 5.69 Å². The van der Waals surface area contributed by atoms with Crippen LogP contribution in [0.5, 0.6) is 5.75 Å². The summed E-state index contributed by atoms with van der Waals surface area (Å²) in [6, 6.07) is 16.6. The Labute approximate surface area is 140 Å². The monoisotopic (exact) mass is 396 g/mol. The summed E-state index contributed by atoms with van der Waals surface area (Å²) in [5, 5.41) is 6.40. The van der Waals surface area contributed by atoms with Crippen molar-refractivity contribution >= 4 is 28.3 Å². The topological polar surface area (TPSA) is 33.3 Å². The number of halogens is 1. The predicted octanol–water partition coefficient (Wildman–Crippen LogP) is 4.06. The zero-order valence-electron chi connectivity index (χ0n) is 12.4. The molecule has 0 amide bonds. The third kappa shape index (κ3) is 4.61. The van der Waals surface area contributed by atoms with Crippen LogP contribution in [0.25, 0.3) is 0 Å². The lowest BCUT2D eigenvalue weighted by Gasteiger charge is -2.21. The second-order valence-corrected chi connectivity index (χ2v) is 6.05. The van der Waals surface area contributed by atoms with E-state index in [2.05, 4.69) is 69.6 Å². The number of hydrogen-bond acceptors (Lipinski definition) is 3. The van der Waals surface area contributed by atoms with E-state index in [-0.39, 0.29) is 6.10 Å². The zero-order chi connectivity index (χ0) is 15.1. The van der Waals surface area contributed by atoms with Gasteiger partial charge in [-0.1, -0.05) is 30.3 Å².